The number of aryl methyl sites for hydroxylation is 1. The Balaban J connectivity index is 2.07. The Morgan fingerprint density at radius 3 is 2.70 bits per heavy atom. The molecule has 0 bridgehead atoms. The van der Waals surface area contributed by atoms with Gasteiger partial charge in [0.05, 0.1) is 0 Å². The molecule has 0 radical (unpaired) electrons. The average molecular weight is 271 g/mol. The van der Waals surface area contributed by atoms with Gasteiger partial charge in [0.15, 0.2) is 0 Å². The van der Waals surface area contributed by atoms with Crippen molar-refractivity contribution in [1.82, 2.24) is 0 Å². The molecule has 0 aliphatic rings. The number of rotatable bonds is 4. The third-order valence-corrected chi connectivity index (χ3v) is 2.85. The monoisotopic (exact) mass is 271 g/mol. The van der Waals surface area contributed by atoms with Gasteiger partial charge in [-0.3, -0.25) is 0 Å². The zero-order valence-electron chi connectivity index (χ0n) is 11.2. The summed E-state index contributed by atoms with van der Waals surface area (Å²) in [5, 5.41) is 15.5. The zero-order chi connectivity index (χ0) is 14.5. The third kappa shape index (κ3) is 3.65. The number of nitrogens with two attached hydrogens (primary N) is 1. The first-order chi connectivity index (χ1) is 9.54. The Morgan fingerprint density at radius 2 is 1.95 bits per heavy atom. The van der Waals surface area contributed by atoms with Gasteiger partial charge in [-0.1, -0.05) is 23.8 Å². The largest absolute Gasteiger partial charge is 0.508 e. The summed E-state index contributed by atoms with van der Waals surface area (Å²) in [7, 11) is 0. The summed E-state index contributed by atoms with van der Waals surface area (Å²) >= 11 is 0. The van der Waals surface area contributed by atoms with Gasteiger partial charge in [0.25, 0.3) is 0 Å². The number of carbonyl (C=O) groups is 1. The Bertz CT molecular complexity index is 626. The van der Waals surface area contributed by atoms with E-state index in [0.717, 1.165) is 16.8 Å². The minimum absolute atomic E-state index is 0.259. The van der Waals surface area contributed by atoms with E-state index in [1.54, 1.807) is 18.2 Å². The van der Waals surface area contributed by atoms with Crippen molar-refractivity contribution < 1.29 is 9.90 Å². The molecule has 0 spiro atoms. The van der Waals surface area contributed by atoms with Crippen molar-refractivity contribution in [3.63, 3.8) is 0 Å². The lowest BCUT2D eigenvalue weighted by molar-refractivity contribution is 0.259. The lowest BCUT2D eigenvalue weighted by Crippen LogP contribution is -2.19. The second-order valence-electron chi connectivity index (χ2n) is 4.56. The van der Waals surface area contributed by atoms with Crippen LogP contribution in [0.3, 0.4) is 0 Å². The molecule has 2 rings (SSSR count). The molecule has 2 aromatic carbocycles. The van der Waals surface area contributed by atoms with Gasteiger partial charge in [0.2, 0.25) is 0 Å². The fourth-order valence-electron chi connectivity index (χ4n) is 1.90. The number of anilines is 2. The number of carbonyl (C=O) groups excluding carboxylic acids is 1. The van der Waals surface area contributed by atoms with Gasteiger partial charge >= 0.3 is 6.03 Å². The minimum Gasteiger partial charge on any atom is -0.508 e. The van der Waals surface area contributed by atoms with Crippen molar-refractivity contribution in [2.75, 3.05) is 10.6 Å². The first kappa shape index (κ1) is 13.7. The molecule has 20 heavy (non-hydrogen) atoms. The summed E-state index contributed by atoms with van der Waals surface area (Å²) < 4.78 is 0. The lowest BCUT2D eigenvalue weighted by atomic mass is 10.1. The molecule has 2 aromatic rings. The van der Waals surface area contributed by atoms with Crippen LogP contribution in [0.15, 0.2) is 42.5 Å². The highest BCUT2D eigenvalue weighted by molar-refractivity contribution is 5.88. The fraction of sp³-hybridized carbons (Fsp3) is 0.133. The third-order valence-electron chi connectivity index (χ3n) is 2.85. The quantitative estimate of drug-likeness (QED) is 0.689. The topological polar surface area (TPSA) is 87.4 Å². The SMILES string of the molecule is Cc1ccc(O)c(CNc2cccc(NC(N)=O)c2)c1. The molecule has 104 valence electrons. The maximum atomic E-state index is 10.8. The number of aromatic hydroxyl groups is 1. The number of phenolic OH excluding ortho intramolecular Hbond substituents is 1. The first-order valence-corrected chi connectivity index (χ1v) is 6.23. The van der Waals surface area contributed by atoms with Gasteiger partial charge in [-0.2, -0.15) is 0 Å². The Labute approximate surface area is 117 Å². The normalized spacial score (nSPS) is 10.1. The lowest BCUT2D eigenvalue weighted by Gasteiger charge is -2.10. The van der Waals surface area contributed by atoms with Crippen molar-refractivity contribution in [3.8, 4) is 5.75 Å². The highest BCUT2D eigenvalue weighted by Crippen LogP contribution is 2.21. The molecule has 0 unspecified atom stereocenters. The van der Waals surface area contributed by atoms with Crippen LogP contribution in [0.4, 0.5) is 16.2 Å². The van der Waals surface area contributed by atoms with Gasteiger partial charge in [-0.15, -0.1) is 0 Å². The van der Waals surface area contributed by atoms with Crippen LogP contribution in [-0.2, 0) is 6.54 Å². The van der Waals surface area contributed by atoms with Crippen molar-refractivity contribution in [1.29, 1.82) is 0 Å². The number of hydrogen-bond donors (Lipinski definition) is 4. The molecule has 0 saturated heterocycles. The van der Waals surface area contributed by atoms with Gasteiger partial charge in [-0.25, -0.2) is 4.79 Å². The second-order valence-corrected chi connectivity index (χ2v) is 4.56. The standard InChI is InChI=1S/C15H17N3O2/c1-10-5-6-14(19)11(7-10)9-17-12-3-2-4-13(8-12)18-15(16)20/h2-8,17,19H,9H2,1H3,(H3,16,18,20). The van der Waals surface area contributed by atoms with Crippen molar-refractivity contribution in [2.45, 2.75) is 13.5 Å². The molecule has 0 aliphatic heterocycles. The van der Waals surface area contributed by atoms with E-state index in [1.807, 2.05) is 31.2 Å². The van der Waals surface area contributed by atoms with Crippen LogP contribution >= 0.6 is 0 Å². The molecule has 5 heteroatoms. The van der Waals surface area contributed by atoms with E-state index in [2.05, 4.69) is 10.6 Å². The molecular formula is C15H17N3O2. The van der Waals surface area contributed by atoms with Crippen molar-refractivity contribution >= 4 is 17.4 Å². The van der Waals surface area contributed by atoms with Gasteiger partial charge in [-0.05, 0) is 31.2 Å². The van der Waals surface area contributed by atoms with Gasteiger partial charge in [0.1, 0.15) is 5.75 Å². The summed E-state index contributed by atoms with van der Waals surface area (Å²) in [5.41, 5.74) is 8.43. The number of hydrogen-bond acceptors (Lipinski definition) is 3. The number of primary amides is 1. The molecule has 0 aromatic heterocycles. The maximum absolute atomic E-state index is 10.8. The van der Waals surface area contributed by atoms with Crippen LogP contribution < -0.4 is 16.4 Å². The first-order valence-electron chi connectivity index (χ1n) is 6.23. The Hall–Kier alpha value is -2.69. The van der Waals surface area contributed by atoms with Crippen LogP contribution in [0.25, 0.3) is 0 Å². The summed E-state index contributed by atoms with van der Waals surface area (Å²) in [5.74, 6) is 0.259. The van der Waals surface area contributed by atoms with Crippen molar-refractivity contribution in [2.24, 2.45) is 5.73 Å². The fourth-order valence-corrected chi connectivity index (χ4v) is 1.90. The zero-order valence-corrected chi connectivity index (χ0v) is 11.2. The van der Waals surface area contributed by atoms with Crippen LogP contribution in [-0.4, -0.2) is 11.1 Å². The molecule has 2 amide bonds. The van der Waals surface area contributed by atoms with Gasteiger partial charge in [0, 0.05) is 23.5 Å². The summed E-state index contributed by atoms with van der Waals surface area (Å²) in [6, 6.07) is 12.1. The van der Waals surface area contributed by atoms with E-state index in [0.29, 0.717) is 12.2 Å². The van der Waals surface area contributed by atoms with E-state index in [4.69, 9.17) is 5.73 Å². The molecule has 5 nitrogen and oxygen atoms in total. The molecule has 0 saturated carbocycles. The second kappa shape index (κ2) is 5.97. The van der Waals surface area contributed by atoms with E-state index in [1.165, 1.54) is 0 Å². The summed E-state index contributed by atoms with van der Waals surface area (Å²) in [6.07, 6.45) is 0. The van der Waals surface area contributed by atoms with E-state index < -0.39 is 6.03 Å². The number of phenols is 1. The molecule has 0 heterocycles. The molecule has 0 fully saturated rings. The van der Waals surface area contributed by atoms with E-state index in [9.17, 15) is 9.90 Å². The Morgan fingerprint density at radius 1 is 1.20 bits per heavy atom. The van der Waals surface area contributed by atoms with Crippen LogP contribution in [0.1, 0.15) is 11.1 Å². The summed E-state index contributed by atoms with van der Waals surface area (Å²) in [6.45, 7) is 2.47. The predicted molar refractivity (Wildman–Crippen MR) is 79.8 cm³/mol. The van der Waals surface area contributed by atoms with Crippen LogP contribution in [0.5, 0.6) is 5.75 Å². The van der Waals surface area contributed by atoms with Crippen molar-refractivity contribution in [3.05, 3.63) is 53.6 Å². The molecule has 5 N–H and O–H groups in total. The van der Waals surface area contributed by atoms with E-state index in [-0.39, 0.29) is 5.75 Å². The number of nitrogens with one attached hydrogen (secondary N) is 2. The highest BCUT2D eigenvalue weighted by atomic mass is 16.3. The maximum Gasteiger partial charge on any atom is 0.316 e. The Kier molecular flexibility index (Phi) is 4.10. The smallest absolute Gasteiger partial charge is 0.316 e. The minimum atomic E-state index is -0.599. The number of urea groups is 1. The molecular weight excluding hydrogens is 254 g/mol. The average Bonchev–Trinajstić information content (AvgIpc) is 2.39. The number of amides is 2. The van der Waals surface area contributed by atoms with Crippen LogP contribution in [0.2, 0.25) is 0 Å². The van der Waals surface area contributed by atoms with E-state index >= 15 is 0 Å². The predicted octanol–water partition coefficient (Wildman–Crippen LogP) is 2.80. The van der Waals surface area contributed by atoms with Crippen LogP contribution in [0, 0.1) is 6.92 Å². The number of benzene rings is 2. The highest BCUT2D eigenvalue weighted by Gasteiger charge is 2.02. The molecule has 0 atom stereocenters. The molecule has 0 aliphatic carbocycles. The van der Waals surface area contributed by atoms with Gasteiger partial charge < -0.3 is 21.5 Å². The summed E-state index contributed by atoms with van der Waals surface area (Å²) in [4.78, 5) is 10.8.